The van der Waals surface area contributed by atoms with E-state index in [0.717, 1.165) is 28.1 Å². The molecular formula is C25H29N3O4. The Balaban J connectivity index is 1.70. The minimum atomic E-state index is -0.987. The number of amides is 1. The Morgan fingerprint density at radius 3 is 2.53 bits per heavy atom. The zero-order chi connectivity index (χ0) is 23.3. The molecule has 2 aromatic carbocycles. The van der Waals surface area contributed by atoms with Gasteiger partial charge in [-0.3, -0.25) is 4.79 Å². The van der Waals surface area contributed by atoms with Crippen LogP contribution in [0.5, 0.6) is 0 Å². The topological polar surface area (TPSA) is 93.4 Å². The largest absolute Gasteiger partial charge is 0.479 e. The van der Waals surface area contributed by atoms with Gasteiger partial charge in [-0.05, 0) is 37.5 Å². The molecule has 0 fully saturated rings. The molecule has 1 atom stereocenters. The molecule has 1 unspecified atom stereocenters. The fourth-order valence-electron chi connectivity index (χ4n) is 3.52. The summed E-state index contributed by atoms with van der Waals surface area (Å²) in [6.07, 6.45) is 0.740. The molecule has 2 N–H and O–H groups in total. The summed E-state index contributed by atoms with van der Waals surface area (Å²) in [6.45, 7) is 5.91. The highest BCUT2D eigenvalue weighted by atomic mass is 16.5. The molecule has 1 heterocycles. The summed E-state index contributed by atoms with van der Waals surface area (Å²) in [6, 6.07) is 15.5. The van der Waals surface area contributed by atoms with E-state index in [-0.39, 0.29) is 18.4 Å². The molecule has 0 aliphatic heterocycles. The maximum absolute atomic E-state index is 12.8. The number of aliphatic carboxylic acids is 1. The van der Waals surface area contributed by atoms with Crippen LogP contribution in [0.3, 0.4) is 0 Å². The Kier molecular flexibility index (Phi) is 7.43. The molecule has 3 aromatic rings. The molecule has 1 amide bonds. The summed E-state index contributed by atoms with van der Waals surface area (Å²) in [4.78, 5) is 28.7. The lowest BCUT2D eigenvalue weighted by atomic mass is 10.0. The molecule has 7 heteroatoms. The van der Waals surface area contributed by atoms with Gasteiger partial charge in [0.15, 0.2) is 6.10 Å². The number of carbonyl (C=O) groups excluding carboxylic acids is 1. The van der Waals surface area contributed by atoms with Gasteiger partial charge in [0.25, 0.3) is 5.91 Å². The third-order valence-electron chi connectivity index (χ3n) is 5.24. The predicted molar refractivity (Wildman–Crippen MR) is 122 cm³/mol. The normalized spacial score (nSPS) is 12.0. The van der Waals surface area contributed by atoms with Crippen molar-refractivity contribution in [3.05, 3.63) is 77.1 Å². The zero-order valence-electron chi connectivity index (χ0n) is 18.8. The van der Waals surface area contributed by atoms with Gasteiger partial charge in [-0.25, -0.2) is 9.78 Å². The summed E-state index contributed by atoms with van der Waals surface area (Å²) < 4.78 is 7.29. The molecule has 0 radical (unpaired) electrons. The summed E-state index contributed by atoms with van der Waals surface area (Å²) in [5.41, 5.74) is 4.19. The quantitative estimate of drug-likeness (QED) is 0.534. The molecule has 0 aliphatic carbocycles. The molecule has 0 spiro atoms. The van der Waals surface area contributed by atoms with Crippen molar-refractivity contribution in [2.75, 3.05) is 0 Å². The maximum Gasteiger partial charge on any atom is 0.333 e. The Hall–Kier alpha value is -3.45. The van der Waals surface area contributed by atoms with E-state index >= 15 is 0 Å². The molecule has 7 nitrogen and oxygen atoms in total. The molecule has 0 saturated heterocycles. The average Bonchev–Trinajstić information content (AvgIpc) is 3.15. The van der Waals surface area contributed by atoms with E-state index < -0.39 is 12.1 Å². The number of ether oxygens (including phenoxy) is 1. The minimum absolute atomic E-state index is 0.181. The van der Waals surface area contributed by atoms with Crippen LogP contribution in [-0.4, -0.2) is 38.7 Å². The third-order valence-corrected chi connectivity index (χ3v) is 5.24. The number of carbonyl (C=O) groups is 2. The van der Waals surface area contributed by atoms with Crippen LogP contribution in [-0.2, 0) is 29.5 Å². The zero-order valence-corrected chi connectivity index (χ0v) is 18.8. The number of benzene rings is 2. The standard InChI is InChI=1S/C25H29N3O4/c1-16(2)32-22(25(30)31)13-18-11-10-17(3)20(12-18)14-27-24(29)21-15-26-23(28(21)4)19-8-6-5-7-9-19/h5-12,15-16,22H,13-14H2,1-4H3,(H,27,29)(H,30,31). The molecule has 0 aliphatic rings. The van der Waals surface area contributed by atoms with Gasteiger partial charge >= 0.3 is 5.97 Å². The highest BCUT2D eigenvalue weighted by Crippen LogP contribution is 2.19. The van der Waals surface area contributed by atoms with Gasteiger partial charge in [-0.15, -0.1) is 0 Å². The SMILES string of the molecule is Cc1ccc(CC(OC(C)C)C(=O)O)cc1CNC(=O)c1cnc(-c2ccccc2)n1C. The Morgan fingerprint density at radius 2 is 1.88 bits per heavy atom. The van der Waals surface area contributed by atoms with Crippen molar-refractivity contribution >= 4 is 11.9 Å². The van der Waals surface area contributed by atoms with Gasteiger partial charge in [0.1, 0.15) is 11.5 Å². The molecule has 168 valence electrons. The van der Waals surface area contributed by atoms with E-state index in [4.69, 9.17) is 4.74 Å². The maximum atomic E-state index is 12.8. The second-order valence-electron chi connectivity index (χ2n) is 8.05. The van der Waals surface area contributed by atoms with Crippen molar-refractivity contribution in [2.45, 2.75) is 45.9 Å². The fourth-order valence-corrected chi connectivity index (χ4v) is 3.52. The van der Waals surface area contributed by atoms with Gasteiger partial charge < -0.3 is 19.7 Å². The number of carboxylic acids is 1. The van der Waals surface area contributed by atoms with Crippen molar-refractivity contribution in [2.24, 2.45) is 7.05 Å². The number of nitrogens with one attached hydrogen (secondary N) is 1. The van der Waals surface area contributed by atoms with Crippen molar-refractivity contribution in [1.82, 2.24) is 14.9 Å². The lowest BCUT2D eigenvalue weighted by Crippen LogP contribution is -2.29. The number of rotatable bonds is 9. The highest BCUT2D eigenvalue weighted by Gasteiger charge is 2.21. The molecule has 0 bridgehead atoms. The summed E-state index contributed by atoms with van der Waals surface area (Å²) in [5, 5.41) is 12.4. The van der Waals surface area contributed by atoms with Crippen LogP contribution in [0.15, 0.2) is 54.7 Å². The Labute approximate surface area is 188 Å². The van der Waals surface area contributed by atoms with Crippen molar-refractivity contribution in [3.63, 3.8) is 0 Å². The smallest absolute Gasteiger partial charge is 0.333 e. The fraction of sp³-hybridized carbons (Fsp3) is 0.320. The molecule has 3 rings (SSSR count). The molecule has 1 aromatic heterocycles. The molecule has 32 heavy (non-hydrogen) atoms. The average molecular weight is 436 g/mol. The van der Waals surface area contributed by atoms with Crippen molar-refractivity contribution in [1.29, 1.82) is 0 Å². The van der Waals surface area contributed by atoms with Crippen LogP contribution in [0.25, 0.3) is 11.4 Å². The van der Waals surface area contributed by atoms with Crippen molar-refractivity contribution in [3.8, 4) is 11.4 Å². The van der Waals surface area contributed by atoms with Crippen LogP contribution in [0.4, 0.5) is 0 Å². The minimum Gasteiger partial charge on any atom is -0.479 e. The van der Waals surface area contributed by atoms with Gasteiger partial charge in [-0.1, -0.05) is 48.5 Å². The summed E-state index contributed by atoms with van der Waals surface area (Å²) in [7, 11) is 1.82. The first-order valence-corrected chi connectivity index (χ1v) is 10.6. The third kappa shape index (κ3) is 5.62. The second-order valence-corrected chi connectivity index (χ2v) is 8.05. The first kappa shape index (κ1) is 23.2. The number of hydrogen-bond acceptors (Lipinski definition) is 4. The number of hydrogen-bond donors (Lipinski definition) is 2. The molecular weight excluding hydrogens is 406 g/mol. The molecule has 0 saturated carbocycles. The number of aromatic nitrogens is 2. The van der Waals surface area contributed by atoms with Gasteiger partial charge in [-0.2, -0.15) is 0 Å². The summed E-state index contributed by atoms with van der Waals surface area (Å²) in [5.74, 6) is -0.489. The lowest BCUT2D eigenvalue weighted by molar-refractivity contribution is -0.153. The number of nitrogens with zero attached hydrogens (tertiary/aromatic N) is 2. The second kappa shape index (κ2) is 10.2. The van der Waals surface area contributed by atoms with Crippen molar-refractivity contribution < 1.29 is 19.4 Å². The van der Waals surface area contributed by atoms with Gasteiger partial charge in [0.2, 0.25) is 0 Å². The van der Waals surface area contributed by atoms with E-state index in [1.54, 1.807) is 10.8 Å². The van der Waals surface area contributed by atoms with E-state index in [2.05, 4.69) is 10.3 Å². The van der Waals surface area contributed by atoms with E-state index in [9.17, 15) is 14.7 Å². The van der Waals surface area contributed by atoms with Crippen LogP contribution in [0, 0.1) is 6.92 Å². The van der Waals surface area contributed by atoms with Gasteiger partial charge in [0.05, 0.1) is 12.3 Å². The Bertz CT molecular complexity index is 1090. The van der Waals surface area contributed by atoms with Gasteiger partial charge in [0, 0.05) is 25.6 Å². The highest BCUT2D eigenvalue weighted by molar-refractivity contribution is 5.93. The number of imidazole rings is 1. The van der Waals surface area contributed by atoms with E-state index in [0.29, 0.717) is 12.2 Å². The Morgan fingerprint density at radius 1 is 1.16 bits per heavy atom. The van der Waals surface area contributed by atoms with E-state index in [1.165, 1.54) is 0 Å². The first-order chi connectivity index (χ1) is 15.3. The lowest BCUT2D eigenvalue weighted by Gasteiger charge is -2.17. The predicted octanol–water partition coefficient (Wildman–Crippen LogP) is 3.75. The van der Waals surface area contributed by atoms with Crippen LogP contribution >= 0.6 is 0 Å². The first-order valence-electron chi connectivity index (χ1n) is 10.6. The summed E-state index contributed by atoms with van der Waals surface area (Å²) >= 11 is 0. The van der Waals surface area contributed by atoms with E-state index in [1.807, 2.05) is 76.3 Å². The number of aryl methyl sites for hydroxylation is 1. The van der Waals surface area contributed by atoms with Crippen LogP contribution in [0.1, 0.15) is 41.0 Å². The van der Waals surface area contributed by atoms with Crippen LogP contribution in [0.2, 0.25) is 0 Å². The van der Waals surface area contributed by atoms with Crippen LogP contribution < -0.4 is 5.32 Å². The monoisotopic (exact) mass is 435 g/mol. The number of carboxylic acid groups (broad SMARTS) is 1.